The van der Waals surface area contributed by atoms with E-state index in [-0.39, 0.29) is 6.10 Å². The van der Waals surface area contributed by atoms with E-state index in [1.165, 1.54) is 6.20 Å². The molecule has 1 aliphatic rings. The van der Waals surface area contributed by atoms with Crippen LogP contribution in [0.15, 0.2) is 6.20 Å². The number of H-pyrrole nitrogens is 1. The van der Waals surface area contributed by atoms with Crippen molar-refractivity contribution in [1.82, 2.24) is 15.5 Å². The molecule has 2 heterocycles. The molecule has 82 valence electrons. The summed E-state index contributed by atoms with van der Waals surface area (Å²) >= 11 is 0. The smallest absolute Gasteiger partial charge is 0.345 e. The van der Waals surface area contributed by atoms with Gasteiger partial charge in [-0.05, 0) is 6.92 Å². The van der Waals surface area contributed by atoms with Gasteiger partial charge in [-0.2, -0.15) is 5.10 Å². The first-order valence-electron chi connectivity index (χ1n) is 4.89. The topological polar surface area (TPSA) is 76.2 Å². The molecule has 1 aromatic heterocycles. The van der Waals surface area contributed by atoms with E-state index in [2.05, 4.69) is 15.5 Å². The third-order valence-corrected chi connectivity index (χ3v) is 2.13. The Kier molecular flexibility index (Phi) is 2.86. The Bertz CT molecular complexity index is 346. The summed E-state index contributed by atoms with van der Waals surface area (Å²) in [6.45, 7) is 3.69. The van der Waals surface area contributed by atoms with E-state index in [4.69, 9.17) is 9.47 Å². The summed E-state index contributed by atoms with van der Waals surface area (Å²) in [4.78, 5) is 11.4. The number of nitrogens with zero attached hydrogens (tertiary/aromatic N) is 1. The molecule has 0 amide bonds. The van der Waals surface area contributed by atoms with Crippen LogP contribution in [0.5, 0.6) is 5.88 Å². The SMILES string of the molecule is CCOC(=O)c1cn[nH]c1OC1CNC1. The Morgan fingerprint density at radius 3 is 3.07 bits per heavy atom. The molecular weight excluding hydrogens is 198 g/mol. The van der Waals surface area contributed by atoms with E-state index in [9.17, 15) is 4.79 Å². The maximum absolute atomic E-state index is 11.4. The van der Waals surface area contributed by atoms with Gasteiger partial charge in [-0.25, -0.2) is 9.89 Å². The minimum atomic E-state index is -0.409. The zero-order valence-electron chi connectivity index (χ0n) is 8.45. The number of hydrogen-bond donors (Lipinski definition) is 2. The van der Waals surface area contributed by atoms with E-state index in [0.717, 1.165) is 13.1 Å². The highest BCUT2D eigenvalue weighted by atomic mass is 16.5. The largest absolute Gasteiger partial charge is 0.471 e. The fourth-order valence-corrected chi connectivity index (χ4v) is 1.23. The first kappa shape index (κ1) is 9.97. The Balaban J connectivity index is 2.03. The van der Waals surface area contributed by atoms with E-state index >= 15 is 0 Å². The number of aromatic nitrogens is 2. The van der Waals surface area contributed by atoms with Gasteiger partial charge in [-0.3, -0.25) is 0 Å². The van der Waals surface area contributed by atoms with Gasteiger partial charge in [-0.15, -0.1) is 0 Å². The van der Waals surface area contributed by atoms with Crippen LogP contribution in [-0.2, 0) is 4.74 Å². The fourth-order valence-electron chi connectivity index (χ4n) is 1.23. The van der Waals surface area contributed by atoms with Crippen molar-refractivity contribution < 1.29 is 14.3 Å². The van der Waals surface area contributed by atoms with Gasteiger partial charge >= 0.3 is 5.97 Å². The highest BCUT2D eigenvalue weighted by Gasteiger charge is 2.23. The van der Waals surface area contributed by atoms with Crippen LogP contribution in [0.4, 0.5) is 0 Å². The van der Waals surface area contributed by atoms with Crippen molar-refractivity contribution in [2.24, 2.45) is 0 Å². The lowest BCUT2D eigenvalue weighted by Gasteiger charge is -2.27. The maximum Gasteiger partial charge on any atom is 0.345 e. The highest BCUT2D eigenvalue weighted by molar-refractivity contribution is 5.91. The van der Waals surface area contributed by atoms with Crippen LogP contribution in [0.3, 0.4) is 0 Å². The molecule has 0 atom stereocenters. The first-order valence-corrected chi connectivity index (χ1v) is 4.89. The van der Waals surface area contributed by atoms with Crippen LogP contribution in [0.2, 0.25) is 0 Å². The predicted molar refractivity (Wildman–Crippen MR) is 51.8 cm³/mol. The van der Waals surface area contributed by atoms with Gasteiger partial charge < -0.3 is 14.8 Å². The number of nitrogens with one attached hydrogen (secondary N) is 2. The maximum atomic E-state index is 11.4. The van der Waals surface area contributed by atoms with Crippen molar-refractivity contribution in [2.45, 2.75) is 13.0 Å². The molecule has 2 rings (SSSR count). The van der Waals surface area contributed by atoms with E-state index in [1.807, 2.05) is 0 Å². The van der Waals surface area contributed by atoms with Gasteiger partial charge in [0.2, 0.25) is 5.88 Å². The van der Waals surface area contributed by atoms with Crippen LogP contribution in [0.25, 0.3) is 0 Å². The molecule has 0 aliphatic carbocycles. The Morgan fingerprint density at radius 2 is 2.47 bits per heavy atom. The molecular formula is C9H13N3O3. The molecule has 2 N–H and O–H groups in total. The zero-order chi connectivity index (χ0) is 10.7. The summed E-state index contributed by atoms with van der Waals surface area (Å²) in [5.74, 6) is -0.0199. The molecule has 1 aliphatic heterocycles. The first-order chi connectivity index (χ1) is 7.31. The van der Waals surface area contributed by atoms with Crippen molar-refractivity contribution in [2.75, 3.05) is 19.7 Å². The third kappa shape index (κ3) is 2.10. The van der Waals surface area contributed by atoms with Crippen LogP contribution in [-0.4, -0.2) is 42.0 Å². The van der Waals surface area contributed by atoms with E-state index < -0.39 is 5.97 Å². The number of carbonyl (C=O) groups excluding carboxylic acids is 1. The Morgan fingerprint density at radius 1 is 1.67 bits per heavy atom. The second-order valence-corrected chi connectivity index (χ2v) is 3.23. The third-order valence-electron chi connectivity index (χ3n) is 2.13. The lowest BCUT2D eigenvalue weighted by atomic mass is 10.2. The second-order valence-electron chi connectivity index (χ2n) is 3.23. The van der Waals surface area contributed by atoms with Gasteiger partial charge in [-0.1, -0.05) is 0 Å². The Labute approximate surface area is 87.0 Å². The average molecular weight is 211 g/mol. The molecule has 0 aromatic carbocycles. The number of esters is 1. The van der Waals surface area contributed by atoms with Crippen molar-refractivity contribution >= 4 is 5.97 Å². The minimum absolute atomic E-state index is 0.110. The normalized spacial score (nSPS) is 15.8. The molecule has 0 saturated carbocycles. The molecule has 6 heteroatoms. The zero-order valence-corrected chi connectivity index (χ0v) is 8.45. The predicted octanol–water partition coefficient (Wildman–Crippen LogP) is -0.0630. The summed E-state index contributed by atoms with van der Waals surface area (Å²) < 4.78 is 10.4. The number of aromatic amines is 1. The number of carbonyl (C=O) groups is 1. The molecule has 0 radical (unpaired) electrons. The molecule has 1 fully saturated rings. The molecule has 0 spiro atoms. The van der Waals surface area contributed by atoms with Gasteiger partial charge in [0.25, 0.3) is 0 Å². The fraction of sp³-hybridized carbons (Fsp3) is 0.556. The summed E-state index contributed by atoms with van der Waals surface area (Å²) in [5, 5.41) is 9.48. The van der Waals surface area contributed by atoms with E-state index in [0.29, 0.717) is 18.1 Å². The Hall–Kier alpha value is -1.56. The molecule has 6 nitrogen and oxygen atoms in total. The molecule has 0 unspecified atom stereocenters. The highest BCUT2D eigenvalue weighted by Crippen LogP contribution is 2.17. The van der Waals surface area contributed by atoms with Gasteiger partial charge in [0.15, 0.2) is 0 Å². The quantitative estimate of drug-likeness (QED) is 0.682. The van der Waals surface area contributed by atoms with E-state index in [1.54, 1.807) is 6.92 Å². The summed E-state index contributed by atoms with van der Waals surface area (Å²) in [5.41, 5.74) is 0.351. The van der Waals surface area contributed by atoms with Crippen LogP contribution in [0.1, 0.15) is 17.3 Å². The summed E-state index contributed by atoms with van der Waals surface area (Å²) in [6.07, 6.45) is 1.53. The molecule has 1 saturated heterocycles. The van der Waals surface area contributed by atoms with Crippen molar-refractivity contribution in [3.05, 3.63) is 11.8 Å². The van der Waals surface area contributed by atoms with Crippen molar-refractivity contribution in [3.63, 3.8) is 0 Å². The van der Waals surface area contributed by atoms with Crippen molar-refractivity contribution in [1.29, 1.82) is 0 Å². The van der Waals surface area contributed by atoms with Crippen LogP contribution in [0, 0.1) is 0 Å². The number of ether oxygens (including phenoxy) is 2. The minimum Gasteiger partial charge on any atom is -0.471 e. The van der Waals surface area contributed by atoms with Gasteiger partial charge in [0, 0.05) is 13.1 Å². The van der Waals surface area contributed by atoms with Gasteiger partial charge in [0.1, 0.15) is 11.7 Å². The summed E-state index contributed by atoms with van der Waals surface area (Å²) in [6, 6.07) is 0. The lowest BCUT2D eigenvalue weighted by molar-refractivity contribution is 0.0515. The van der Waals surface area contributed by atoms with Gasteiger partial charge in [0.05, 0.1) is 12.8 Å². The molecule has 15 heavy (non-hydrogen) atoms. The summed E-state index contributed by atoms with van der Waals surface area (Å²) in [7, 11) is 0. The number of hydrogen-bond acceptors (Lipinski definition) is 5. The standard InChI is InChI=1S/C9H13N3O3/c1-2-14-9(13)7-5-11-12-8(7)15-6-3-10-4-6/h5-6,10H,2-4H2,1H3,(H,11,12). The van der Waals surface area contributed by atoms with Crippen molar-refractivity contribution in [3.8, 4) is 5.88 Å². The molecule has 1 aromatic rings. The molecule has 0 bridgehead atoms. The van der Waals surface area contributed by atoms with Crippen LogP contribution < -0.4 is 10.1 Å². The second kappa shape index (κ2) is 4.31. The monoisotopic (exact) mass is 211 g/mol. The van der Waals surface area contributed by atoms with Crippen LogP contribution >= 0.6 is 0 Å². The lowest BCUT2D eigenvalue weighted by Crippen LogP contribution is -2.50. The average Bonchev–Trinajstić information content (AvgIpc) is 2.59. The number of rotatable bonds is 4.